The Morgan fingerprint density at radius 3 is 2.85 bits per heavy atom. The van der Waals surface area contributed by atoms with Gasteiger partial charge in [0.25, 0.3) is 5.91 Å². The molecule has 0 aliphatic carbocycles. The summed E-state index contributed by atoms with van der Waals surface area (Å²) in [7, 11) is 1.76. The van der Waals surface area contributed by atoms with E-state index in [0.717, 1.165) is 6.42 Å². The number of ether oxygens (including phenoxy) is 1. The Morgan fingerprint density at radius 1 is 1.69 bits per heavy atom. The van der Waals surface area contributed by atoms with Crippen molar-refractivity contribution in [3.8, 4) is 0 Å². The van der Waals surface area contributed by atoms with Crippen LogP contribution < -0.4 is 0 Å². The molecule has 4 heteroatoms. The van der Waals surface area contributed by atoms with E-state index in [2.05, 4.69) is 0 Å². The van der Waals surface area contributed by atoms with Gasteiger partial charge < -0.3 is 9.64 Å². The van der Waals surface area contributed by atoms with Crippen molar-refractivity contribution in [2.75, 3.05) is 26.1 Å². The maximum atomic E-state index is 11.7. The SMILES string of the molecule is CC1CCOC1C(=O)N(C)CCCl. The summed E-state index contributed by atoms with van der Waals surface area (Å²) < 4.78 is 5.36. The number of nitrogens with zero attached hydrogens (tertiary/aromatic N) is 1. The van der Waals surface area contributed by atoms with Crippen molar-refractivity contribution in [1.29, 1.82) is 0 Å². The van der Waals surface area contributed by atoms with Gasteiger partial charge in [0.15, 0.2) is 0 Å². The quantitative estimate of drug-likeness (QED) is 0.646. The summed E-state index contributed by atoms with van der Waals surface area (Å²) in [6.45, 7) is 3.34. The number of likely N-dealkylation sites (N-methyl/N-ethyl adjacent to an activating group) is 1. The van der Waals surface area contributed by atoms with Crippen molar-refractivity contribution in [2.24, 2.45) is 5.92 Å². The normalized spacial score (nSPS) is 27.6. The molecule has 13 heavy (non-hydrogen) atoms. The minimum absolute atomic E-state index is 0.0608. The molecule has 0 aromatic rings. The van der Waals surface area contributed by atoms with E-state index in [1.165, 1.54) is 0 Å². The summed E-state index contributed by atoms with van der Waals surface area (Å²) in [5, 5.41) is 0. The number of amides is 1. The lowest BCUT2D eigenvalue weighted by Crippen LogP contribution is -2.39. The summed E-state index contributed by atoms with van der Waals surface area (Å²) in [6, 6.07) is 0. The monoisotopic (exact) mass is 205 g/mol. The van der Waals surface area contributed by atoms with Crippen LogP contribution in [0.5, 0.6) is 0 Å². The van der Waals surface area contributed by atoms with Gasteiger partial charge in [-0.3, -0.25) is 4.79 Å². The van der Waals surface area contributed by atoms with E-state index < -0.39 is 0 Å². The van der Waals surface area contributed by atoms with Gasteiger partial charge in [-0.15, -0.1) is 11.6 Å². The first-order valence-corrected chi connectivity index (χ1v) is 5.12. The van der Waals surface area contributed by atoms with E-state index in [-0.39, 0.29) is 12.0 Å². The summed E-state index contributed by atoms with van der Waals surface area (Å²) in [4.78, 5) is 13.3. The lowest BCUT2D eigenvalue weighted by atomic mass is 10.0. The van der Waals surface area contributed by atoms with Crippen molar-refractivity contribution in [3.63, 3.8) is 0 Å². The molecule has 0 aromatic heterocycles. The van der Waals surface area contributed by atoms with Crippen LogP contribution in [-0.2, 0) is 9.53 Å². The van der Waals surface area contributed by atoms with E-state index in [1.54, 1.807) is 11.9 Å². The number of hydrogen-bond donors (Lipinski definition) is 0. The maximum Gasteiger partial charge on any atom is 0.251 e. The van der Waals surface area contributed by atoms with Crippen LogP contribution in [0.25, 0.3) is 0 Å². The van der Waals surface area contributed by atoms with Crippen molar-refractivity contribution in [2.45, 2.75) is 19.4 Å². The second-order valence-electron chi connectivity index (χ2n) is 3.51. The number of carbonyl (C=O) groups is 1. The van der Waals surface area contributed by atoms with Gasteiger partial charge in [-0.05, 0) is 12.3 Å². The lowest BCUT2D eigenvalue weighted by molar-refractivity contribution is -0.140. The lowest BCUT2D eigenvalue weighted by Gasteiger charge is -2.21. The molecular formula is C9H16ClNO2. The van der Waals surface area contributed by atoms with E-state index in [0.29, 0.717) is 24.9 Å². The van der Waals surface area contributed by atoms with E-state index in [1.807, 2.05) is 6.92 Å². The van der Waals surface area contributed by atoms with Gasteiger partial charge in [-0.25, -0.2) is 0 Å². The van der Waals surface area contributed by atoms with E-state index in [4.69, 9.17) is 16.3 Å². The predicted molar refractivity (Wildman–Crippen MR) is 51.9 cm³/mol. The zero-order chi connectivity index (χ0) is 9.84. The van der Waals surface area contributed by atoms with Crippen molar-refractivity contribution in [3.05, 3.63) is 0 Å². The highest BCUT2D eigenvalue weighted by molar-refractivity contribution is 6.18. The summed E-state index contributed by atoms with van der Waals surface area (Å²) >= 11 is 5.55. The van der Waals surface area contributed by atoms with Crippen LogP contribution >= 0.6 is 11.6 Å². The minimum atomic E-state index is -0.242. The molecule has 2 unspecified atom stereocenters. The standard InChI is InChI=1S/C9H16ClNO2/c1-7-3-6-13-8(7)9(12)11(2)5-4-10/h7-8H,3-6H2,1-2H3. The van der Waals surface area contributed by atoms with Gasteiger partial charge in [0.05, 0.1) is 0 Å². The fraction of sp³-hybridized carbons (Fsp3) is 0.889. The van der Waals surface area contributed by atoms with Crippen LogP contribution in [0.15, 0.2) is 0 Å². The molecule has 1 rings (SSSR count). The first-order chi connectivity index (χ1) is 6.16. The zero-order valence-corrected chi connectivity index (χ0v) is 8.88. The first kappa shape index (κ1) is 10.8. The molecule has 1 heterocycles. The van der Waals surface area contributed by atoms with Crippen LogP contribution in [0.4, 0.5) is 0 Å². The smallest absolute Gasteiger partial charge is 0.251 e. The third kappa shape index (κ3) is 2.58. The molecule has 1 saturated heterocycles. The molecule has 3 nitrogen and oxygen atoms in total. The number of hydrogen-bond acceptors (Lipinski definition) is 2. The largest absolute Gasteiger partial charge is 0.368 e. The summed E-state index contributed by atoms with van der Waals surface area (Å²) in [6.07, 6.45) is 0.735. The number of halogens is 1. The third-order valence-electron chi connectivity index (χ3n) is 2.43. The molecule has 1 aliphatic rings. The van der Waals surface area contributed by atoms with E-state index >= 15 is 0 Å². The molecule has 0 radical (unpaired) electrons. The average Bonchev–Trinajstić information content (AvgIpc) is 2.50. The van der Waals surface area contributed by atoms with Crippen LogP contribution in [0.2, 0.25) is 0 Å². The first-order valence-electron chi connectivity index (χ1n) is 4.59. The topological polar surface area (TPSA) is 29.5 Å². The Kier molecular flexibility index (Phi) is 4.00. The fourth-order valence-electron chi connectivity index (χ4n) is 1.47. The Morgan fingerprint density at radius 2 is 2.38 bits per heavy atom. The summed E-state index contributed by atoms with van der Waals surface area (Å²) in [5.41, 5.74) is 0. The Balaban J connectivity index is 2.46. The van der Waals surface area contributed by atoms with Crippen LogP contribution in [0, 0.1) is 5.92 Å². The minimum Gasteiger partial charge on any atom is -0.368 e. The van der Waals surface area contributed by atoms with Crippen molar-refractivity contribution in [1.82, 2.24) is 4.90 Å². The molecular weight excluding hydrogens is 190 g/mol. The fourth-order valence-corrected chi connectivity index (χ4v) is 1.72. The van der Waals surface area contributed by atoms with E-state index in [9.17, 15) is 4.79 Å². The Labute approximate surface area is 84.0 Å². The van der Waals surface area contributed by atoms with Crippen LogP contribution in [0.3, 0.4) is 0 Å². The number of carbonyl (C=O) groups excluding carboxylic acids is 1. The number of alkyl halides is 1. The van der Waals surface area contributed by atoms with Crippen molar-refractivity contribution >= 4 is 17.5 Å². The molecule has 76 valence electrons. The van der Waals surface area contributed by atoms with Gasteiger partial charge in [-0.1, -0.05) is 6.92 Å². The molecule has 1 amide bonds. The zero-order valence-electron chi connectivity index (χ0n) is 8.12. The molecule has 2 atom stereocenters. The third-order valence-corrected chi connectivity index (χ3v) is 2.60. The van der Waals surface area contributed by atoms with Crippen LogP contribution in [0.1, 0.15) is 13.3 Å². The second kappa shape index (κ2) is 4.82. The average molecular weight is 206 g/mol. The molecule has 0 spiro atoms. The van der Waals surface area contributed by atoms with Gasteiger partial charge in [0.1, 0.15) is 6.10 Å². The van der Waals surface area contributed by atoms with Crippen LogP contribution in [-0.4, -0.2) is 43.0 Å². The molecule has 1 fully saturated rings. The van der Waals surface area contributed by atoms with Gasteiger partial charge >= 0.3 is 0 Å². The summed E-state index contributed by atoms with van der Waals surface area (Å²) in [5.74, 6) is 0.875. The molecule has 0 N–H and O–H groups in total. The Bertz CT molecular complexity index is 186. The molecule has 0 saturated carbocycles. The molecule has 1 aliphatic heterocycles. The highest BCUT2D eigenvalue weighted by Gasteiger charge is 2.32. The molecule has 0 aromatic carbocycles. The maximum absolute atomic E-state index is 11.7. The Hall–Kier alpha value is -0.280. The highest BCUT2D eigenvalue weighted by Crippen LogP contribution is 2.21. The van der Waals surface area contributed by atoms with Gasteiger partial charge in [0, 0.05) is 26.1 Å². The van der Waals surface area contributed by atoms with Gasteiger partial charge in [0.2, 0.25) is 0 Å². The number of rotatable bonds is 3. The second-order valence-corrected chi connectivity index (χ2v) is 3.88. The predicted octanol–water partition coefficient (Wildman–Crippen LogP) is 1.11. The van der Waals surface area contributed by atoms with Crippen molar-refractivity contribution < 1.29 is 9.53 Å². The highest BCUT2D eigenvalue weighted by atomic mass is 35.5. The molecule has 0 bridgehead atoms. The van der Waals surface area contributed by atoms with Gasteiger partial charge in [-0.2, -0.15) is 0 Å².